The van der Waals surface area contributed by atoms with E-state index in [1.165, 1.54) is 45.2 Å². The third-order valence-electron chi connectivity index (χ3n) is 8.02. The van der Waals surface area contributed by atoms with E-state index in [-0.39, 0.29) is 11.7 Å². The highest BCUT2D eigenvalue weighted by Crippen LogP contribution is 2.36. The fourth-order valence-electron chi connectivity index (χ4n) is 6.09. The number of carbonyl (C=O) groups is 1. The molecule has 0 aliphatic carbocycles. The molecule has 1 amide bonds. The SMILES string of the molecule is COc1ncccc1-c1ccc(O)c(-c2nc3ccc(C(=O)NC[C@@H]4CCCN5CCCC[C@H]45)cc3[nH]2)c1. The molecule has 2 aliphatic heterocycles. The zero-order chi connectivity index (χ0) is 26.1. The minimum Gasteiger partial charge on any atom is -0.507 e. The first-order valence-corrected chi connectivity index (χ1v) is 13.5. The molecule has 0 spiro atoms. The van der Waals surface area contributed by atoms with Gasteiger partial charge in [-0.05, 0) is 92.7 Å². The molecule has 3 N–H and O–H groups in total. The molecule has 2 fully saturated rings. The topological polar surface area (TPSA) is 103 Å². The quantitative estimate of drug-likeness (QED) is 0.337. The Bertz CT molecular complexity index is 1460. The first kappa shape index (κ1) is 24.4. The summed E-state index contributed by atoms with van der Waals surface area (Å²) in [6, 6.07) is 15.2. The van der Waals surface area contributed by atoms with Gasteiger partial charge in [-0.25, -0.2) is 9.97 Å². The summed E-state index contributed by atoms with van der Waals surface area (Å²) in [5.74, 6) is 1.60. The van der Waals surface area contributed by atoms with E-state index in [0.717, 1.165) is 22.2 Å². The normalized spacial score (nSPS) is 19.7. The number of nitrogens with one attached hydrogen (secondary N) is 2. The number of phenols is 1. The summed E-state index contributed by atoms with van der Waals surface area (Å²) in [4.78, 5) is 27.9. The highest BCUT2D eigenvalue weighted by molar-refractivity contribution is 5.97. The molecule has 0 unspecified atom stereocenters. The highest BCUT2D eigenvalue weighted by Gasteiger charge is 2.33. The van der Waals surface area contributed by atoms with E-state index in [4.69, 9.17) is 4.74 Å². The highest BCUT2D eigenvalue weighted by atomic mass is 16.5. The van der Waals surface area contributed by atoms with Crippen molar-refractivity contribution < 1.29 is 14.6 Å². The molecule has 0 saturated carbocycles. The molecular weight excluding hydrogens is 478 g/mol. The summed E-state index contributed by atoms with van der Waals surface area (Å²) in [5, 5.41) is 13.8. The van der Waals surface area contributed by atoms with E-state index in [2.05, 4.69) is 25.2 Å². The number of aromatic amines is 1. The molecule has 2 aromatic heterocycles. The van der Waals surface area contributed by atoms with Gasteiger partial charge < -0.3 is 25.0 Å². The lowest BCUT2D eigenvalue weighted by atomic mass is 9.83. The maximum absolute atomic E-state index is 13.1. The predicted molar refractivity (Wildman–Crippen MR) is 147 cm³/mol. The zero-order valence-corrected chi connectivity index (χ0v) is 21.6. The van der Waals surface area contributed by atoms with Crippen LogP contribution in [0, 0.1) is 5.92 Å². The standard InChI is InChI=1S/C30H33N5O3/c1-38-30-22(7-4-13-31-30)19-10-12-27(36)23(16-19)28-33-24-11-9-20(17-25(24)34-28)29(37)32-18-21-6-5-15-35-14-3-2-8-26(21)35/h4,7,9-13,16-17,21,26,36H,2-3,5-6,8,14-15,18H2,1H3,(H,32,37)(H,33,34)/t21-,26+/m0/s1. The van der Waals surface area contributed by atoms with Gasteiger partial charge in [-0.15, -0.1) is 0 Å². The number of methoxy groups -OCH3 is 1. The molecule has 0 radical (unpaired) electrons. The summed E-state index contributed by atoms with van der Waals surface area (Å²) in [7, 11) is 1.58. The fourth-order valence-corrected chi connectivity index (χ4v) is 6.09. The monoisotopic (exact) mass is 511 g/mol. The summed E-state index contributed by atoms with van der Waals surface area (Å²) in [5.41, 5.74) is 4.30. The van der Waals surface area contributed by atoms with Crippen LogP contribution in [0.4, 0.5) is 0 Å². The molecule has 8 heteroatoms. The fraction of sp³-hybridized carbons (Fsp3) is 0.367. The van der Waals surface area contributed by atoms with E-state index >= 15 is 0 Å². The molecule has 196 valence electrons. The van der Waals surface area contributed by atoms with Gasteiger partial charge >= 0.3 is 0 Å². The summed E-state index contributed by atoms with van der Waals surface area (Å²) >= 11 is 0. The van der Waals surface area contributed by atoms with Crippen LogP contribution < -0.4 is 10.1 Å². The van der Waals surface area contributed by atoms with Crippen molar-refractivity contribution in [3.63, 3.8) is 0 Å². The van der Waals surface area contributed by atoms with Gasteiger partial charge in [0.25, 0.3) is 5.91 Å². The molecule has 0 bridgehead atoms. The lowest BCUT2D eigenvalue weighted by molar-refractivity contribution is 0.0575. The summed E-state index contributed by atoms with van der Waals surface area (Å²) < 4.78 is 5.41. The van der Waals surface area contributed by atoms with Crippen molar-refractivity contribution in [3.05, 3.63) is 60.3 Å². The molecule has 6 rings (SSSR count). The molecule has 38 heavy (non-hydrogen) atoms. The van der Waals surface area contributed by atoms with Gasteiger partial charge in [0.2, 0.25) is 5.88 Å². The minimum atomic E-state index is -0.0653. The lowest BCUT2D eigenvalue weighted by Crippen LogP contribution is -2.51. The van der Waals surface area contributed by atoms with Gasteiger partial charge in [0, 0.05) is 29.9 Å². The number of aromatic nitrogens is 3. The Morgan fingerprint density at radius 2 is 2.00 bits per heavy atom. The molecule has 4 aromatic rings. The number of aromatic hydroxyl groups is 1. The number of nitrogens with zero attached hydrogens (tertiary/aromatic N) is 3. The second kappa shape index (κ2) is 10.5. The number of hydrogen-bond acceptors (Lipinski definition) is 6. The number of carbonyl (C=O) groups excluding carboxylic acids is 1. The number of fused-ring (bicyclic) bond motifs is 2. The number of benzene rings is 2. The Morgan fingerprint density at radius 3 is 2.89 bits per heavy atom. The molecule has 2 aliphatic rings. The van der Waals surface area contributed by atoms with Crippen molar-refractivity contribution in [3.8, 4) is 34.1 Å². The Balaban J connectivity index is 1.21. The van der Waals surface area contributed by atoms with Gasteiger partial charge in [0.05, 0.1) is 23.7 Å². The van der Waals surface area contributed by atoms with Gasteiger partial charge in [-0.2, -0.15) is 0 Å². The number of amides is 1. The number of rotatable bonds is 6. The number of phenolic OH excluding ortho intramolecular Hbond substituents is 1. The van der Waals surface area contributed by atoms with Gasteiger partial charge in [-0.3, -0.25) is 4.79 Å². The number of pyridine rings is 1. The van der Waals surface area contributed by atoms with Crippen molar-refractivity contribution >= 4 is 16.9 Å². The van der Waals surface area contributed by atoms with Crippen LogP contribution in [0.15, 0.2) is 54.7 Å². The second-order valence-electron chi connectivity index (χ2n) is 10.3. The van der Waals surface area contributed by atoms with Crippen LogP contribution in [-0.2, 0) is 0 Å². The van der Waals surface area contributed by atoms with Crippen LogP contribution in [-0.4, -0.2) is 63.7 Å². The minimum absolute atomic E-state index is 0.0653. The molecule has 2 saturated heterocycles. The van der Waals surface area contributed by atoms with Crippen molar-refractivity contribution in [1.29, 1.82) is 0 Å². The predicted octanol–water partition coefficient (Wildman–Crippen LogP) is 5.00. The molecule has 8 nitrogen and oxygen atoms in total. The molecule has 2 atom stereocenters. The molecule has 4 heterocycles. The number of imidazole rings is 1. The average molecular weight is 512 g/mol. The van der Waals surface area contributed by atoms with Gasteiger partial charge in [0.1, 0.15) is 11.6 Å². The van der Waals surface area contributed by atoms with E-state index in [1.807, 2.05) is 42.5 Å². The van der Waals surface area contributed by atoms with E-state index in [0.29, 0.717) is 41.3 Å². The first-order chi connectivity index (χ1) is 18.6. The second-order valence-corrected chi connectivity index (χ2v) is 10.3. The number of hydrogen-bond donors (Lipinski definition) is 3. The Kier molecular flexibility index (Phi) is 6.72. The van der Waals surface area contributed by atoms with Crippen LogP contribution in [0.3, 0.4) is 0 Å². The summed E-state index contributed by atoms with van der Waals surface area (Å²) in [6.07, 6.45) is 7.89. The maximum atomic E-state index is 13.1. The van der Waals surface area contributed by atoms with Gasteiger partial charge in [-0.1, -0.05) is 12.5 Å². The van der Waals surface area contributed by atoms with Crippen LogP contribution in [0.25, 0.3) is 33.5 Å². The molecule has 2 aromatic carbocycles. The van der Waals surface area contributed by atoms with E-state index in [1.54, 1.807) is 19.4 Å². The smallest absolute Gasteiger partial charge is 0.251 e. The maximum Gasteiger partial charge on any atom is 0.251 e. The Labute approximate surface area is 222 Å². The van der Waals surface area contributed by atoms with Crippen molar-refractivity contribution in [2.45, 2.75) is 38.1 Å². The third-order valence-corrected chi connectivity index (χ3v) is 8.02. The van der Waals surface area contributed by atoms with Crippen LogP contribution in [0.5, 0.6) is 11.6 Å². The Hall–Kier alpha value is -3.91. The largest absolute Gasteiger partial charge is 0.507 e. The van der Waals surface area contributed by atoms with Crippen molar-refractivity contribution in [2.24, 2.45) is 5.92 Å². The van der Waals surface area contributed by atoms with Crippen LogP contribution >= 0.6 is 0 Å². The molecular formula is C30H33N5O3. The summed E-state index contributed by atoms with van der Waals surface area (Å²) in [6.45, 7) is 3.11. The Morgan fingerprint density at radius 1 is 1.11 bits per heavy atom. The average Bonchev–Trinajstić information content (AvgIpc) is 3.39. The number of H-pyrrole nitrogens is 1. The first-order valence-electron chi connectivity index (χ1n) is 13.5. The van der Waals surface area contributed by atoms with Crippen molar-refractivity contribution in [2.75, 3.05) is 26.7 Å². The zero-order valence-electron chi connectivity index (χ0n) is 21.6. The third kappa shape index (κ3) is 4.72. The van der Waals surface area contributed by atoms with E-state index in [9.17, 15) is 9.90 Å². The van der Waals surface area contributed by atoms with Crippen LogP contribution in [0.2, 0.25) is 0 Å². The van der Waals surface area contributed by atoms with Crippen molar-refractivity contribution in [1.82, 2.24) is 25.2 Å². The lowest BCUT2D eigenvalue weighted by Gasteiger charge is -2.44. The van der Waals surface area contributed by atoms with Gasteiger partial charge in [0.15, 0.2) is 0 Å². The number of piperidine rings is 2. The number of ether oxygens (including phenoxy) is 1. The van der Waals surface area contributed by atoms with E-state index < -0.39 is 0 Å². The van der Waals surface area contributed by atoms with Crippen LogP contribution in [0.1, 0.15) is 42.5 Å².